The zero-order valence-electron chi connectivity index (χ0n) is 11.5. The van der Waals surface area contributed by atoms with E-state index < -0.39 is 0 Å². The lowest BCUT2D eigenvalue weighted by molar-refractivity contribution is 0.684. The van der Waals surface area contributed by atoms with Crippen molar-refractivity contribution in [3.63, 3.8) is 0 Å². The van der Waals surface area contributed by atoms with Crippen molar-refractivity contribution in [2.24, 2.45) is 0 Å². The Kier molecular flexibility index (Phi) is 3.72. The Bertz CT molecular complexity index is 381. The molecule has 0 heterocycles. The van der Waals surface area contributed by atoms with Gasteiger partial charge in [0, 0.05) is 31.4 Å². The fourth-order valence-corrected chi connectivity index (χ4v) is 1.94. The van der Waals surface area contributed by atoms with Gasteiger partial charge in [0.05, 0.1) is 0 Å². The topological polar surface area (TPSA) is 15.3 Å². The standard InChI is InChI=1S/C15H24N2/c1-11(2)17(4)15-8-5-13(12(3)9-15)10-16-14-6-7-14/h5,8-9,11,14,16H,6-7,10H2,1-4H3. The van der Waals surface area contributed by atoms with Gasteiger partial charge in [-0.1, -0.05) is 6.07 Å². The Morgan fingerprint density at radius 2 is 2.06 bits per heavy atom. The van der Waals surface area contributed by atoms with E-state index in [0.29, 0.717) is 6.04 Å². The molecule has 0 aliphatic heterocycles. The normalized spacial score (nSPS) is 15.4. The molecule has 17 heavy (non-hydrogen) atoms. The maximum absolute atomic E-state index is 3.57. The van der Waals surface area contributed by atoms with Crippen LogP contribution in [0.5, 0.6) is 0 Å². The van der Waals surface area contributed by atoms with E-state index in [2.05, 4.69) is 56.2 Å². The van der Waals surface area contributed by atoms with Crippen molar-refractivity contribution in [1.29, 1.82) is 0 Å². The molecule has 1 aliphatic carbocycles. The lowest BCUT2D eigenvalue weighted by Gasteiger charge is -2.24. The van der Waals surface area contributed by atoms with Gasteiger partial charge in [0.25, 0.3) is 0 Å². The number of anilines is 1. The molecular formula is C15H24N2. The van der Waals surface area contributed by atoms with Crippen molar-refractivity contribution in [3.8, 4) is 0 Å². The molecule has 94 valence electrons. The molecule has 0 radical (unpaired) electrons. The molecular weight excluding hydrogens is 208 g/mol. The zero-order chi connectivity index (χ0) is 12.4. The summed E-state index contributed by atoms with van der Waals surface area (Å²) in [5.41, 5.74) is 4.13. The van der Waals surface area contributed by atoms with E-state index in [4.69, 9.17) is 0 Å². The second-order valence-electron chi connectivity index (χ2n) is 5.47. The van der Waals surface area contributed by atoms with Crippen LogP contribution >= 0.6 is 0 Å². The minimum Gasteiger partial charge on any atom is -0.372 e. The van der Waals surface area contributed by atoms with E-state index in [1.54, 1.807) is 0 Å². The average Bonchev–Trinajstić information content (AvgIpc) is 3.10. The molecule has 1 aromatic rings. The predicted octanol–water partition coefficient (Wildman–Crippen LogP) is 3.09. The lowest BCUT2D eigenvalue weighted by atomic mass is 10.1. The molecule has 0 saturated heterocycles. The minimum atomic E-state index is 0.546. The van der Waals surface area contributed by atoms with Crippen LogP contribution in [-0.4, -0.2) is 19.1 Å². The molecule has 1 aromatic carbocycles. The van der Waals surface area contributed by atoms with Crippen molar-refractivity contribution in [2.75, 3.05) is 11.9 Å². The van der Waals surface area contributed by atoms with Crippen molar-refractivity contribution in [2.45, 2.75) is 52.2 Å². The zero-order valence-corrected chi connectivity index (χ0v) is 11.5. The summed E-state index contributed by atoms with van der Waals surface area (Å²) in [5.74, 6) is 0. The van der Waals surface area contributed by atoms with Crippen LogP contribution in [0, 0.1) is 6.92 Å². The fourth-order valence-electron chi connectivity index (χ4n) is 1.94. The summed E-state index contributed by atoms with van der Waals surface area (Å²) < 4.78 is 0. The van der Waals surface area contributed by atoms with Gasteiger partial charge in [0.15, 0.2) is 0 Å². The van der Waals surface area contributed by atoms with Crippen LogP contribution in [0.1, 0.15) is 37.8 Å². The first-order chi connectivity index (χ1) is 8.08. The molecule has 2 heteroatoms. The van der Waals surface area contributed by atoms with Gasteiger partial charge in [-0.15, -0.1) is 0 Å². The van der Waals surface area contributed by atoms with Gasteiger partial charge in [-0.2, -0.15) is 0 Å². The predicted molar refractivity (Wildman–Crippen MR) is 74.6 cm³/mol. The first-order valence-corrected chi connectivity index (χ1v) is 6.63. The van der Waals surface area contributed by atoms with Gasteiger partial charge < -0.3 is 10.2 Å². The summed E-state index contributed by atoms with van der Waals surface area (Å²) in [6.45, 7) is 7.67. The summed E-state index contributed by atoms with van der Waals surface area (Å²) in [6.07, 6.45) is 2.71. The SMILES string of the molecule is Cc1cc(N(C)C(C)C)ccc1CNC1CC1. The van der Waals surface area contributed by atoms with Crippen molar-refractivity contribution in [1.82, 2.24) is 5.32 Å². The second kappa shape index (κ2) is 5.09. The maximum Gasteiger partial charge on any atom is 0.0368 e. The van der Waals surface area contributed by atoms with Crippen LogP contribution < -0.4 is 10.2 Å². The number of rotatable bonds is 5. The van der Waals surface area contributed by atoms with E-state index in [1.165, 1.54) is 29.7 Å². The average molecular weight is 232 g/mol. The second-order valence-corrected chi connectivity index (χ2v) is 5.47. The minimum absolute atomic E-state index is 0.546. The summed E-state index contributed by atoms with van der Waals surface area (Å²) in [5, 5.41) is 3.57. The summed E-state index contributed by atoms with van der Waals surface area (Å²) in [7, 11) is 2.15. The number of nitrogens with zero attached hydrogens (tertiary/aromatic N) is 1. The molecule has 0 aromatic heterocycles. The quantitative estimate of drug-likeness (QED) is 0.839. The number of hydrogen-bond acceptors (Lipinski definition) is 2. The Labute approximate surface area is 105 Å². The number of aryl methyl sites for hydroxylation is 1. The molecule has 0 atom stereocenters. The molecule has 1 fully saturated rings. The number of hydrogen-bond donors (Lipinski definition) is 1. The van der Waals surface area contributed by atoms with Crippen molar-refractivity contribution >= 4 is 5.69 Å². The number of nitrogens with one attached hydrogen (secondary N) is 1. The van der Waals surface area contributed by atoms with E-state index in [0.717, 1.165) is 12.6 Å². The van der Waals surface area contributed by atoms with Crippen LogP contribution in [0.2, 0.25) is 0 Å². The molecule has 2 rings (SSSR count). The third kappa shape index (κ3) is 3.22. The highest BCUT2D eigenvalue weighted by Crippen LogP contribution is 2.22. The van der Waals surface area contributed by atoms with Crippen LogP contribution in [0.4, 0.5) is 5.69 Å². The summed E-state index contributed by atoms with van der Waals surface area (Å²) >= 11 is 0. The number of benzene rings is 1. The highest BCUT2D eigenvalue weighted by molar-refractivity contribution is 5.50. The summed E-state index contributed by atoms with van der Waals surface area (Å²) in [4.78, 5) is 2.31. The lowest BCUT2D eigenvalue weighted by Crippen LogP contribution is -2.25. The summed E-state index contributed by atoms with van der Waals surface area (Å²) in [6, 6.07) is 8.12. The van der Waals surface area contributed by atoms with E-state index >= 15 is 0 Å². The smallest absolute Gasteiger partial charge is 0.0368 e. The van der Waals surface area contributed by atoms with Crippen molar-refractivity contribution < 1.29 is 0 Å². The first-order valence-electron chi connectivity index (χ1n) is 6.63. The highest BCUT2D eigenvalue weighted by atomic mass is 15.1. The van der Waals surface area contributed by atoms with Crippen LogP contribution in [0.15, 0.2) is 18.2 Å². The Morgan fingerprint density at radius 3 is 2.59 bits per heavy atom. The maximum atomic E-state index is 3.57. The molecule has 0 spiro atoms. The van der Waals surface area contributed by atoms with Gasteiger partial charge >= 0.3 is 0 Å². The van der Waals surface area contributed by atoms with Gasteiger partial charge in [-0.3, -0.25) is 0 Å². The van der Waals surface area contributed by atoms with E-state index in [9.17, 15) is 0 Å². The van der Waals surface area contributed by atoms with Crippen LogP contribution in [-0.2, 0) is 6.54 Å². The first kappa shape index (κ1) is 12.4. The molecule has 1 aliphatic rings. The third-order valence-electron chi connectivity index (χ3n) is 3.67. The van der Waals surface area contributed by atoms with E-state index in [1.807, 2.05) is 0 Å². The molecule has 1 N–H and O–H groups in total. The molecule has 0 unspecified atom stereocenters. The van der Waals surface area contributed by atoms with Crippen LogP contribution in [0.25, 0.3) is 0 Å². The largest absolute Gasteiger partial charge is 0.372 e. The van der Waals surface area contributed by atoms with Crippen molar-refractivity contribution in [3.05, 3.63) is 29.3 Å². The molecule has 0 amide bonds. The Hall–Kier alpha value is -1.02. The molecule has 0 bridgehead atoms. The molecule has 2 nitrogen and oxygen atoms in total. The third-order valence-corrected chi connectivity index (χ3v) is 3.67. The molecule has 1 saturated carbocycles. The van der Waals surface area contributed by atoms with E-state index in [-0.39, 0.29) is 0 Å². The fraction of sp³-hybridized carbons (Fsp3) is 0.600. The van der Waals surface area contributed by atoms with Gasteiger partial charge in [-0.05, 0) is 56.9 Å². The van der Waals surface area contributed by atoms with Crippen LogP contribution in [0.3, 0.4) is 0 Å². The van der Waals surface area contributed by atoms with Gasteiger partial charge in [0.2, 0.25) is 0 Å². The van der Waals surface area contributed by atoms with Gasteiger partial charge in [0.1, 0.15) is 0 Å². The Balaban J connectivity index is 2.04. The monoisotopic (exact) mass is 232 g/mol. The van der Waals surface area contributed by atoms with Gasteiger partial charge in [-0.25, -0.2) is 0 Å². The highest BCUT2D eigenvalue weighted by Gasteiger charge is 2.20. The Morgan fingerprint density at radius 1 is 1.35 bits per heavy atom.